The maximum absolute atomic E-state index is 13.7. The Bertz CT molecular complexity index is 935. The standard InChI is InChI=1S/C23H26FN3O/c1-16-5-8-18(9-6-16)20-13-25-26-23(20)19-4-3-11-27(15-19)14-17-7-10-21(24)22(12-17)28-2/h5-10,12-13,19H,3-4,11,14-15H2,1-2H3,(H,25,26)/t19-/m1/s1. The van der Waals surface area contributed by atoms with Crippen LogP contribution in [-0.4, -0.2) is 35.3 Å². The minimum absolute atomic E-state index is 0.307. The van der Waals surface area contributed by atoms with E-state index >= 15 is 0 Å². The molecule has 1 aromatic heterocycles. The molecule has 0 amide bonds. The van der Waals surface area contributed by atoms with Crippen molar-refractivity contribution in [2.24, 2.45) is 0 Å². The molecule has 1 N–H and O–H groups in total. The van der Waals surface area contributed by atoms with Crippen molar-refractivity contribution in [3.63, 3.8) is 0 Å². The lowest BCUT2D eigenvalue weighted by Crippen LogP contribution is -2.34. The molecule has 3 aromatic rings. The van der Waals surface area contributed by atoms with Gasteiger partial charge in [0.05, 0.1) is 13.3 Å². The molecule has 0 radical (unpaired) electrons. The minimum Gasteiger partial charge on any atom is -0.494 e. The van der Waals surface area contributed by atoms with Crippen LogP contribution in [0.25, 0.3) is 11.1 Å². The van der Waals surface area contributed by atoms with Gasteiger partial charge in [-0.1, -0.05) is 35.9 Å². The van der Waals surface area contributed by atoms with E-state index in [0.29, 0.717) is 11.7 Å². The van der Waals surface area contributed by atoms with Crippen molar-refractivity contribution in [1.82, 2.24) is 15.1 Å². The zero-order valence-electron chi connectivity index (χ0n) is 16.4. The Hall–Kier alpha value is -2.66. The van der Waals surface area contributed by atoms with E-state index in [4.69, 9.17) is 4.74 Å². The molecule has 4 rings (SSSR count). The molecule has 5 heteroatoms. The van der Waals surface area contributed by atoms with E-state index in [1.165, 1.54) is 35.6 Å². The van der Waals surface area contributed by atoms with Gasteiger partial charge in [0.2, 0.25) is 0 Å². The van der Waals surface area contributed by atoms with Gasteiger partial charge in [-0.05, 0) is 49.6 Å². The third kappa shape index (κ3) is 3.94. The third-order valence-corrected chi connectivity index (χ3v) is 5.57. The average Bonchev–Trinajstić information content (AvgIpc) is 3.20. The molecule has 28 heavy (non-hydrogen) atoms. The number of hydrogen-bond donors (Lipinski definition) is 1. The number of H-pyrrole nitrogens is 1. The Kier molecular flexibility index (Phi) is 5.44. The quantitative estimate of drug-likeness (QED) is 0.685. The lowest BCUT2D eigenvalue weighted by molar-refractivity contribution is 0.198. The largest absolute Gasteiger partial charge is 0.494 e. The Balaban J connectivity index is 1.50. The van der Waals surface area contributed by atoms with Crippen LogP contribution in [0.5, 0.6) is 5.75 Å². The highest BCUT2D eigenvalue weighted by Gasteiger charge is 2.25. The van der Waals surface area contributed by atoms with Gasteiger partial charge in [-0.2, -0.15) is 5.10 Å². The van der Waals surface area contributed by atoms with Crippen LogP contribution in [0.1, 0.15) is 35.6 Å². The molecule has 0 bridgehead atoms. The van der Waals surface area contributed by atoms with Crippen molar-refractivity contribution in [2.75, 3.05) is 20.2 Å². The summed E-state index contributed by atoms with van der Waals surface area (Å²) in [6, 6.07) is 13.7. The van der Waals surface area contributed by atoms with Crippen molar-refractivity contribution in [3.8, 4) is 16.9 Å². The molecule has 1 atom stereocenters. The summed E-state index contributed by atoms with van der Waals surface area (Å²) in [4.78, 5) is 2.43. The number of piperidine rings is 1. The normalized spacial score (nSPS) is 17.6. The highest BCUT2D eigenvalue weighted by Crippen LogP contribution is 2.33. The van der Waals surface area contributed by atoms with E-state index in [9.17, 15) is 4.39 Å². The van der Waals surface area contributed by atoms with E-state index in [-0.39, 0.29) is 5.82 Å². The molecule has 0 spiro atoms. The van der Waals surface area contributed by atoms with Crippen LogP contribution in [0.3, 0.4) is 0 Å². The highest BCUT2D eigenvalue weighted by atomic mass is 19.1. The van der Waals surface area contributed by atoms with Gasteiger partial charge in [0, 0.05) is 30.3 Å². The maximum atomic E-state index is 13.7. The minimum atomic E-state index is -0.317. The average molecular weight is 379 g/mol. The van der Waals surface area contributed by atoms with Gasteiger partial charge in [-0.15, -0.1) is 0 Å². The van der Waals surface area contributed by atoms with Gasteiger partial charge in [0.15, 0.2) is 11.6 Å². The predicted molar refractivity (Wildman–Crippen MR) is 109 cm³/mol. The zero-order valence-corrected chi connectivity index (χ0v) is 16.4. The number of hydrogen-bond acceptors (Lipinski definition) is 3. The molecule has 0 unspecified atom stereocenters. The number of nitrogens with one attached hydrogen (secondary N) is 1. The zero-order chi connectivity index (χ0) is 19.5. The number of benzene rings is 2. The maximum Gasteiger partial charge on any atom is 0.165 e. The summed E-state index contributed by atoms with van der Waals surface area (Å²) in [5, 5.41) is 7.59. The lowest BCUT2D eigenvalue weighted by atomic mass is 9.90. The van der Waals surface area contributed by atoms with Gasteiger partial charge < -0.3 is 4.74 Å². The number of aromatic nitrogens is 2. The number of halogens is 1. The van der Waals surface area contributed by atoms with Crippen LogP contribution in [0.15, 0.2) is 48.7 Å². The molecular weight excluding hydrogens is 353 g/mol. The topological polar surface area (TPSA) is 41.1 Å². The monoisotopic (exact) mass is 379 g/mol. The summed E-state index contributed by atoms with van der Waals surface area (Å²) < 4.78 is 18.8. The Morgan fingerprint density at radius 3 is 2.82 bits per heavy atom. The van der Waals surface area contributed by atoms with Crippen molar-refractivity contribution < 1.29 is 9.13 Å². The molecule has 146 valence electrons. The molecule has 1 aliphatic heterocycles. The van der Waals surface area contributed by atoms with E-state index in [1.54, 1.807) is 6.07 Å². The second-order valence-corrected chi connectivity index (χ2v) is 7.61. The number of likely N-dealkylation sites (tertiary alicyclic amines) is 1. The van der Waals surface area contributed by atoms with Crippen molar-refractivity contribution in [1.29, 1.82) is 0 Å². The van der Waals surface area contributed by atoms with Crippen LogP contribution in [-0.2, 0) is 6.54 Å². The first-order valence-electron chi connectivity index (χ1n) is 9.79. The molecule has 1 aliphatic rings. The molecule has 1 fully saturated rings. The number of rotatable bonds is 5. The lowest BCUT2D eigenvalue weighted by Gasteiger charge is -2.32. The van der Waals surface area contributed by atoms with Crippen LogP contribution in [0.2, 0.25) is 0 Å². The molecule has 1 saturated heterocycles. The highest BCUT2D eigenvalue weighted by molar-refractivity contribution is 5.66. The van der Waals surface area contributed by atoms with Gasteiger partial charge in [0.25, 0.3) is 0 Å². The number of nitrogens with zero attached hydrogens (tertiary/aromatic N) is 2. The number of methoxy groups -OCH3 is 1. The fraction of sp³-hybridized carbons (Fsp3) is 0.348. The van der Waals surface area contributed by atoms with Crippen molar-refractivity contribution in [2.45, 2.75) is 32.2 Å². The summed E-state index contributed by atoms with van der Waals surface area (Å²) in [7, 11) is 1.50. The first-order chi connectivity index (χ1) is 13.6. The summed E-state index contributed by atoms with van der Waals surface area (Å²) >= 11 is 0. The summed E-state index contributed by atoms with van der Waals surface area (Å²) in [5.74, 6) is 0.402. The van der Waals surface area contributed by atoms with Crippen LogP contribution < -0.4 is 4.74 Å². The second-order valence-electron chi connectivity index (χ2n) is 7.61. The fourth-order valence-electron chi connectivity index (χ4n) is 4.07. The van der Waals surface area contributed by atoms with E-state index < -0.39 is 0 Å². The van der Waals surface area contributed by atoms with Crippen molar-refractivity contribution in [3.05, 3.63) is 71.3 Å². The number of ether oxygens (including phenoxy) is 1. The number of aryl methyl sites for hydroxylation is 1. The second kappa shape index (κ2) is 8.15. The first kappa shape index (κ1) is 18.7. The fourth-order valence-corrected chi connectivity index (χ4v) is 4.07. The van der Waals surface area contributed by atoms with Gasteiger partial charge >= 0.3 is 0 Å². The van der Waals surface area contributed by atoms with Gasteiger partial charge in [0.1, 0.15) is 0 Å². The Labute approximate surface area is 165 Å². The molecule has 4 nitrogen and oxygen atoms in total. The van der Waals surface area contributed by atoms with Crippen LogP contribution in [0, 0.1) is 12.7 Å². The first-order valence-corrected chi connectivity index (χ1v) is 9.79. The van der Waals surface area contributed by atoms with Gasteiger partial charge in [-0.3, -0.25) is 10.00 Å². The number of aromatic amines is 1. The molecule has 0 saturated carbocycles. The van der Waals surface area contributed by atoms with E-state index in [0.717, 1.165) is 38.0 Å². The molecule has 2 aromatic carbocycles. The van der Waals surface area contributed by atoms with Crippen molar-refractivity contribution >= 4 is 0 Å². The Morgan fingerprint density at radius 1 is 1.21 bits per heavy atom. The summed E-state index contributed by atoms with van der Waals surface area (Å²) in [6.07, 6.45) is 4.21. The molecular formula is C23H26FN3O. The Morgan fingerprint density at radius 2 is 2.04 bits per heavy atom. The third-order valence-electron chi connectivity index (χ3n) is 5.57. The smallest absolute Gasteiger partial charge is 0.165 e. The van der Waals surface area contributed by atoms with E-state index in [1.807, 2.05) is 12.3 Å². The summed E-state index contributed by atoms with van der Waals surface area (Å²) in [5.41, 5.74) is 5.94. The van der Waals surface area contributed by atoms with Crippen LogP contribution in [0.4, 0.5) is 4.39 Å². The molecule has 2 heterocycles. The van der Waals surface area contributed by atoms with Crippen LogP contribution >= 0.6 is 0 Å². The summed E-state index contributed by atoms with van der Waals surface area (Å²) in [6.45, 7) is 4.90. The van der Waals surface area contributed by atoms with E-state index in [2.05, 4.69) is 46.3 Å². The van der Waals surface area contributed by atoms with Gasteiger partial charge in [-0.25, -0.2) is 4.39 Å². The SMILES string of the molecule is COc1cc(CN2CCC[C@@H](c3[nH]ncc3-c3ccc(C)cc3)C2)ccc1F. The molecule has 0 aliphatic carbocycles. The predicted octanol–water partition coefficient (Wildman–Crippen LogP) is 4.91.